The van der Waals surface area contributed by atoms with Crippen LogP contribution in [0.15, 0.2) is 122 Å². The average Bonchev–Trinajstić information content (AvgIpc) is 3.32. The van der Waals surface area contributed by atoms with Crippen LogP contribution in [0.2, 0.25) is 0 Å². The highest BCUT2D eigenvalue weighted by Crippen LogP contribution is 2.47. The van der Waals surface area contributed by atoms with Crippen molar-refractivity contribution in [1.82, 2.24) is 0 Å². The maximum absolute atomic E-state index is 12.8. The monoisotopic (exact) mass is 991 g/mol. The number of esters is 2. The lowest BCUT2D eigenvalue weighted by Crippen LogP contribution is -2.64. The molecule has 0 spiro atoms. The molecule has 390 valence electrons. The Morgan fingerprint density at radius 3 is 1.68 bits per heavy atom. The van der Waals surface area contributed by atoms with Crippen LogP contribution >= 0.6 is 7.82 Å². The second-order valence-electron chi connectivity index (χ2n) is 16.6. The van der Waals surface area contributed by atoms with E-state index in [9.17, 15) is 54.8 Å². The fraction of sp³-hybridized carbons (Fsp3) is 0.585. The Bertz CT molecular complexity index is 1700. The number of unbranched alkanes of at least 4 members (excludes halogenated alkanes) is 7. The van der Waals surface area contributed by atoms with Gasteiger partial charge in [-0.25, -0.2) is 4.57 Å². The normalized spacial score (nSPS) is 22.9. The summed E-state index contributed by atoms with van der Waals surface area (Å²) >= 11 is 0. The Kier molecular flexibility index (Phi) is 37.4. The Hall–Kier alpha value is -3.83. The summed E-state index contributed by atoms with van der Waals surface area (Å²) < 4.78 is 33.4. The molecule has 0 aromatic rings. The number of ether oxygens (including phenoxy) is 2. The van der Waals surface area contributed by atoms with E-state index < -0.39 is 87.9 Å². The molecule has 1 rings (SSSR count). The predicted molar refractivity (Wildman–Crippen MR) is 269 cm³/mol. The number of phosphoric acid groups is 1. The molecule has 1 saturated carbocycles. The van der Waals surface area contributed by atoms with Crippen molar-refractivity contribution < 1.29 is 73.3 Å². The van der Waals surface area contributed by atoms with Crippen LogP contribution < -0.4 is 0 Å². The topological polar surface area (TPSA) is 250 Å². The number of aliphatic hydroxyl groups excluding tert-OH is 7. The number of aliphatic hydroxyl groups is 7. The zero-order valence-corrected chi connectivity index (χ0v) is 41.7. The number of phosphoric ester groups is 1. The fourth-order valence-corrected chi connectivity index (χ4v) is 7.52. The van der Waals surface area contributed by atoms with Gasteiger partial charge in [-0.15, -0.1) is 0 Å². The molecule has 0 aromatic carbocycles. The van der Waals surface area contributed by atoms with Gasteiger partial charge in [0.05, 0.1) is 18.8 Å². The Morgan fingerprint density at radius 1 is 0.536 bits per heavy atom. The third kappa shape index (κ3) is 33.4. The summed E-state index contributed by atoms with van der Waals surface area (Å²) in [6.07, 6.45) is 37.3. The minimum Gasteiger partial charge on any atom is -0.462 e. The number of allylic oxidation sites excluding steroid dienone is 16. The molecule has 1 aliphatic rings. The second-order valence-corrected chi connectivity index (χ2v) is 18.0. The number of carbonyl (C=O) groups excluding carboxylic acids is 2. The van der Waals surface area contributed by atoms with Gasteiger partial charge in [0, 0.05) is 12.8 Å². The molecule has 0 saturated heterocycles. The van der Waals surface area contributed by atoms with E-state index in [4.69, 9.17) is 18.5 Å². The molecule has 3 unspecified atom stereocenters. The van der Waals surface area contributed by atoms with Crippen molar-refractivity contribution in [2.45, 2.75) is 184 Å². The summed E-state index contributed by atoms with van der Waals surface area (Å²) in [6.45, 7) is 2.82. The van der Waals surface area contributed by atoms with E-state index in [2.05, 4.69) is 55.5 Å². The highest BCUT2D eigenvalue weighted by molar-refractivity contribution is 7.47. The smallest absolute Gasteiger partial charge is 0.462 e. The van der Waals surface area contributed by atoms with E-state index in [0.29, 0.717) is 32.1 Å². The average molecular weight is 991 g/mol. The summed E-state index contributed by atoms with van der Waals surface area (Å²) in [7, 11) is -5.19. The van der Waals surface area contributed by atoms with Crippen LogP contribution in [0.5, 0.6) is 0 Å². The van der Waals surface area contributed by atoms with Gasteiger partial charge in [0.1, 0.15) is 43.2 Å². The molecule has 1 aliphatic carbocycles. The molecule has 0 bridgehead atoms. The van der Waals surface area contributed by atoms with Gasteiger partial charge in [0.15, 0.2) is 6.10 Å². The number of rotatable bonds is 38. The van der Waals surface area contributed by atoms with Crippen LogP contribution in [0, 0.1) is 0 Å². The minimum absolute atomic E-state index is 0.0993. The van der Waals surface area contributed by atoms with Crippen molar-refractivity contribution in [3.63, 3.8) is 0 Å². The first kappa shape index (κ1) is 63.2. The molecule has 0 aliphatic heterocycles. The fourth-order valence-electron chi connectivity index (χ4n) is 6.55. The van der Waals surface area contributed by atoms with Gasteiger partial charge >= 0.3 is 19.8 Å². The standard InChI is InChI=1S/C53H83O15P/c1-3-5-7-8-9-10-11-12-13-14-15-16-17-18-19-20-24-27-33-39-46(56)65-41-45(42-66-69(63,64)68-53-51(61)49(59)48(58)50(60)52(53)62)67-47(57)40-34-28-32-38-44(55)37-31-26-23-21-22-25-30-36-43(54)35-29-6-4-2/h5-7,9-10,12-13,15-16,22-23,25-26,29-32,36-38,43-45,48-55,58-62H,3-4,8,11,14,17-21,24,27-28,33-35,39-42H2,1-2H3,(H,63,64)/b7-5-,10-9-,13-12-,16-15-,25-22-,26-23-,29-6-,36-30+,37-31+,38-32-/t43-,44-,45+,48?,49-,50+,51+,52+,53?/m0/s1. The maximum atomic E-state index is 12.8. The maximum Gasteiger partial charge on any atom is 0.472 e. The summed E-state index contributed by atoms with van der Waals surface area (Å²) in [5.41, 5.74) is 0. The summed E-state index contributed by atoms with van der Waals surface area (Å²) in [4.78, 5) is 35.8. The first-order valence-electron chi connectivity index (χ1n) is 24.6. The SMILES string of the molecule is CC/C=C\C/C=C\C/C=C\C/C=C\CCCCCCCCC(=O)OC[C@H](COP(=O)(O)OC1[C@H](O)[C@H](O)C(O)[C@H](O)[C@H]1O)OC(=O)CCC/C=C\[C@@H](O)/C=C/C=C\C/C=C\C=C\[C@@H](O)C/C=C\CC. The lowest BCUT2D eigenvalue weighted by molar-refractivity contribution is -0.220. The molecule has 0 aromatic heterocycles. The van der Waals surface area contributed by atoms with Crippen LogP contribution in [0.3, 0.4) is 0 Å². The number of hydrogen-bond acceptors (Lipinski definition) is 14. The van der Waals surface area contributed by atoms with Crippen molar-refractivity contribution in [2.24, 2.45) is 0 Å². The lowest BCUT2D eigenvalue weighted by Gasteiger charge is -2.41. The summed E-state index contributed by atoms with van der Waals surface area (Å²) in [5.74, 6) is -1.31. The molecule has 0 heterocycles. The molecule has 10 atom stereocenters. The van der Waals surface area contributed by atoms with E-state index in [1.807, 2.05) is 37.3 Å². The Morgan fingerprint density at radius 2 is 1.04 bits per heavy atom. The highest BCUT2D eigenvalue weighted by Gasteiger charge is 2.51. The summed E-state index contributed by atoms with van der Waals surface area (Å²) in [5, 5.41) is 70.3. The van der Waals surface area contributed by atoms with Crippen LogP contribution in [0.1, 0.15) is 129 Å². The van der Waals surface area contributed by atoms with Crippen molar-refractivity contribution in [3.8, 4) is 0 Å². The zero-order chi connectivity index (χ0) is 51.0. The number of hydrogen-bond donors (Lipinski definition) is 8. The van der Waals surface area contributed by atoms with Crippen molar-refractivity contribution in [3.05, 3.63) is 122 Å². The molecule has 16 heteroatoms. The molecular formula is C53H83O15P. The van der Waals surface area contributed by atoms with E-state index in [-0.39, 0.29) is 12.8 Å². The molecular weight excluding hydrogens is 908 g/mol. The first-order valence-corrected chi connectivity index (χ1v) is 26.1. The van der Waals surface area contributed by atoms with E-state index in [1.54, 1.807) is 42.5 Å². The highest BCUT2D eigenvalue weighted by atomic mass is 31.2. The zero-order valence-electron chi connectivity index (χ0n) is 40.8. The number of carbonyl (C=O) groups is 2. The van der Waals surface area contributed by atoms with Crippen molar-refractivity contribution in [1.29, 1.82) is 0 Å². The van der Waals surface area contributed by atoms with Crippen LogP contribution in [0.4, 0.5) is 0 Å². The molecule has 69 heavy (non-hydrogen) atoms. The van der Waals surface area contributed by atoms with Gasteiger partial charge in [-0.05, 0) is 77.0 Å². The molecule has 15 nitrogen and oxygen atoms in total. The minimum atomic E-state index is -5.19. The van der Waals surface area contributed by atoms with Gasteiger partial charge < -0.3 is 50.1 Å². The van der Waals surface area contributed by atoms with E-state index in [1.165, 1.54) is 0 Å². The molecule has 0 amide bonds. The first-order chi connectivity index (χ1) is 33.2. The Balaban J connectivity index is 2.56. The van der Waals surface area contributed by atoms with Crippen molar-refractivity contribution in [2.75, 3.05) is 13.2 Å². The van der Waals surface area contributed by atoms with Crippen LogP contribution in [0.25, 0.3) is 0 Å². The van der Waals surface area contributed by atoms with Crippen LogP contribution in [-0.2, 0) is 32.7 Å². The summed E-state index contributed by atoms with van der Waals surface area (Å²) in [6, 6.07) is 0. The molecule has 8 N–H and O–H groups in total. The van der Waals surface area contributed by atoms with Crippen LogP contribution in [-0.4, -0.2) is 121 Å². The van der Waals surface area contributed by atoms with Gasteiger partial charge in [-0.3, -0.25) is 18.6 Å². The van der Waals surface area contributed by atoms with E-state index in [0.717, 1.165) is 70.6 Å². The quantitative estimate of drug-likeness (QED) is 0.00957. The lowest BCUT2D eigenvalue weighted by atomic mass is 9.85. The van der Waals surface area contributed by atoms with Gasteiger partial charge in [-0.2, -0.15) is 0 Å². The largest absolute Gasteiger partial charge is 0.472 e. The third-order valence-electron chi connectivity index (χ3n) is 10.5. The van der Waals surface area contributed by atoms with Crippen molar-refractivity contribution >= 4 is 19.8 Å². The Labute approximate surface area is 410 Å². The third-order valence-corrected chi connectivity index (χ3v) is 11.5. The van der Waals surface area contributed by atoms with Gasteiger partial charge in [0.25, 0.3) is 0 Å². The van der Waals surface area contributed by atoms with Gasteiger partial charge in [-0.1, -0.05) is 161 Å². The van der Waals surface area contributed by atoms with Gasteiger partial charge in [0.2, 0.25) is 0 Å². The second kappa shape index (κ2) is 40.9. The van der Waals surface area contributed by atoms with E-state index >= 15 is 0 Å². The predicted octanol–water partition coefficient (Wildman–Crippen LogP) is 8.11. The molecule has 0 radical (unpaired) electrons. The molecule has 1 fully saturated rings.